The number of rotatable bonds is 0. The topological polar surface area (TPSA) is 38.7 Å². The Bertz CT molecular complexity index is 115. The summed E-state index contributed by atoms with van der Waals surface area (Å²) in [5.41, 5.74) is 0. The lowest BCUT2D eigenvalue weighted by Crippen LogP contribution is -2.21. The molecule has 0 saturated carbocycles. The van der Waals surface area contributed by atoms with Gasteiger partial charge in [0.1, 0.15) is 0 Å². The smallest absolute Gasteiger partial charge is 0.0885 e. The number of hydrogen-bond acceptors (Lipinski definition) is 3. The quantitative estimate of drug-likeness (QED) is 0.475. The lowest BCUT2D eigenvalue weighted by Gasteiger charge is -2.05. The zero-order chi connectivity index (χ0) is 6.27. The van der Waals surface area contributed by atoms with Crippen LogP contribution in [-0.4, -0.2) is 37.1 Å². The first-order chi connectivity index (χ1) is 4.38. The molecule has 0 aromatic heterocycles. The Morgan fingerprint density at radius 3 is 2.89 bits per heavy atom. The standard InChI is InChI=1S/C6H10O3/c7-5-2-9-6-3-8-1-4(5)6/h4-7H,1-3H2/t4-,5-,6-/m0/s1. The van der Waals surface area contributed by atoms with Crippen LogP contribution in [0, 0.1) is 5.92 Å². The molecule has 0 radical (unpaired) electrons. The summed E-state index contributed by atoms with van der Waals surface area (Å²) < 4.78 is 10.3. The maximum Gasteiger partial charge on any atom is 0.0885 e. The van der Waals surface area contributed by atoms with Crippen molar-refractivity contribution in [3.8, 4) is 0 Å². The summed E-state index contributed by atoms with van der Waals surface area (Å²) in [5, 5.41) is 9.19. The van der Waals surface area contributed by atoms with Gasteiger partial charge in [0.25, 0.3) is 0 Å². The van der Waals surface area contributed by atoms with Crippen molar-refractivity contribution in [2.75, 3.05) is 19.8 Å². The molecule has 0 aromatic rings. The molecule has 0 spiro atoms. The second-order valence-electron chi connectivity index (χ2n) is 2.64. The fourth-order valence-corrected chi connectivity index (χ4v) is 1.43. The maximum absolute atomic E-state index is 9.19. The Morgan fingerprint density at radius 1 is 1.22 bits per heavy atom. The molecule has 2 aliphatic rings. The van der Waals surface area contributed by atoms with E-state index in [4.69, 9.17) is 9.47 Å². The van der Waals surface area contributed by atoms with Gasteiger partial charge in [0.15, 0.2) is 0 Å². The molecule has 2 saturated heterocycles. The van der Waals surface area contributed by atoms with E-state index < -0.39 is 0 Å². The van der Waals surface area contributed by atoms with Gasteiger partial charge in [-0.25, -0.2) is 0 Å². The van der Waals surface area contributed by atoms with Gasteiger partial charge in [-0.15, -0.1) is 0 Å². The van der Waals surface area contributed by atoms with Crippen LogP contribution in [0.2, 0.25) is 0 Å². The summed E-state index contributed by atoms with van der Waals surface area (Å²) in [6.07, 6.45) is -0.0995. The molecular weight excluding hydrogens is 120 g/mol. The lowest BCUT2D eigenvalue weighted by atomic mass is 10.0. The average Bonchev–Trinajstić information content (AvgIpc) is 2.35. The van der Waals surface area contributed by atoms with Crippen molar-refractivity contribution in [3.63, 3.8) is 0 Å². The summed E-state index contributed by atoms with van der Waals surface area (Å²) in [7, 11) is 0. The Labute approximate surface area is 53.6 Å². The van der Waals surface area contributed by atoms with Crippen LogP contribution in [0.15, 0.2) is 0 Å². The van der Waals surface area contributed by atoms with Gasteiger partial charge in [0, 0.05) is 5.92 Å². The Kier molecular flexibility index (Phi) is 1.22. The third-order valence-electron chi connectivity index (χ3n) is 2.05. The minimum atomic E-state index is -0.280. The fraction of sp³-hybridized carbons (Fsp3) is 1.00. The van der Waals surface area contributed by atoms with Crippen molar-refractivity contribution < 1.29 is 14.6 Å². The number of aliphatic hydroxyl groups is 1. The number of hydrogen-bond donors (Lipinski definition) is 1. The highest BCUT2D eigenvalue weighted by atomic mass is 16.6. The molecule has 0 bridgehead atoms. The second-order valence-corrected chi connectivity index (χ2v) is 2.64. The van der Waals surface area contributed by atoms with E-state index in [1.807, 2.05) is 0 Å². The molecule has 0 amide bonds. The van der Waals surface area contributed by atoms with Gasteiger partial charge in [-0.1, -0.05) is 0 Å². The molecule has 3 nitrogen and oxygen atoms in total. The number of ether oxygens (including phenoxy) is 2. The van der Waals surface area contributed by atoms with Crippen molar-refractivity contribution >= 4 is 0 Å². The summed E-state index contributed by atoms with van der Waals surface area (Å²) in [6.45, 7) is 1.84. The summed E-state index contributed by atoms with van der Waals surface area (Å²) in [6, 6.07) is 0. The minimum Gasteiger partial charge on any atom is -0.390 e. The molecule has 0 unspecified atom stereocenters. The van der Waals surface area contributed by atoms with Crippen molar-refractivity contribution in [2.45, 2.75) is 12.2 Å². The van der Waals surface area contributed by atoms with E-state index in [-0.39, 0.29) is 18.1 Å². The van der Waals surface area contributed by atoms with Crippen molar-refractivity contribution in [3.05, 3.63) is 0 Å². The van der Waals surface area contributed by atoms with E-state index in [9.17, 15) is 5.11 Å². The molecule has 52 valence electrons. The largest absolute Gasteiger partial charge is 0.390 e. The first kappa shape index (κ1) is 5.65. The van der Waals surface area contributed by atoms with Crippen LogP contribution in [0.4, 0.5) is 0 Å². The van der Waals surface area contributed by atoms with Crippen LogP contribution in [0.5, 0.6) is 0 Å². The van der Waals surface area contributed by atoms with E-state index in [0.717, 1.165) is 0 Å². The molecule has 3 atom stereocenters. The van der Waals surface area contributed by atoms with Gasteiger partial charge in [0.05, 0.1) is 32.0 Å². The van der Waals surface area contributed by atoms with E-state index in [1.165, 1.54) is 0 Å². The van der Waals surface area contributed by atoms with Gasteiger partial charge in [-0.3, -0.25) is 0 Å². The molecule has 0 aromatic carbocycles. The molecule has 3 heteroatoms. The lowest BCUT2D eigenvalue weighted by molar-refractivity contribution is 0.0434. The molecule has 2 rings (SSSR count). The van der Waals surface area contributed by atoms with E-state index in [1.54, 1.807) is 0 Å². The highest BCUT2D eigenvalue weighted by molar-refractivity contribution is 4.86. The van der Waals surface area contributed by atoms with Crippen LogP contribution in [0.1, 0.15) is 0 Å². The molecule has 2 heterocycles. The van der Waals surface area contributed by atoms with Crippen LogP contribution < -0.4 is 0 Å². The second kappa shape index (κ2) is 1.94. The van der Waals surface area contributed by atoms with Crippen LogP contribution in [-0.2, 0) is 9.47 Å². The van der Waals surface area contributed by atoms with Gasteiger partial charge < -0.3 is 14.6 Å². The Hall–Kier alpha value is -0.120. The molecule has 0 aliphatic carbocycles. The number of aliphatic hydroxyl groups excluding tert-OH is 1. The summed E-state index contributed by atoms with van der Waals surface area (Å²) in [5.74, 6) is 0.255. The van der Waals surface area contributed by atoms with E-state index >= 15 is 0 Å². The first-order valence-electron chi connectivity index (χ1n) is 3.25. The van der Waals surface area contributed by atoms with Crippen molar-refractivity contribution in [1.82, 2.24) is 0 Å². The van der Waals surface area contributed by atoms with Gasteiger partial charge in [0.2, 0.25) is 0 Å². The van der Waals surface area contributed by atoms with Gasteiger partial charge in [-0.2, -0.15) is 0 Å². The molecule has 2 aliphatic heterocycles. The maximum atomic E-state index is 9.19. The third kappa shape index (κ3) is 0.764. The average molecular weight is 130 g/mol. The number of fused-ring (bicyclic) bond motifs is 1. The SMILES string of the molecule is O[C@H]1CO[C@H]2COC[C@H]21. The van der Waals surface area contributed by atoms with E-state index in [0.29, 0.717) is 19.8 Å². The Balaban J connectivity index is 2.07. The fourth-order valence-electron chi connectivity index (χ4n) is 1.43. The molecular formula is C6H10O3. The van der Waals surface area contributed by atoms with Gasteiger partial charge >= 0.3 is 0 Å². The highest BCUT2D eigenvalue weighted by Gasteiger charge is 2.40. The minimum absolute atomic E-state index is 0.181. The Morgan fingerprint density at radius 2 is 2.11 bits per heavy atom. The van der Waals surface area contributed by atoms with Crippen LogP contribution >= 0.6 is 0 Å². The van der Waals surface area contributed by atoms with E-state index in [2.05, 4.69) is 0 Å². The predicted octanol–water partition coefficient (Wildman–Crippen LogP) is -0.608. The van der Waals surface area contributed by atoms with Crippen LogP contribution in [0.3, 0.4) is 0 Å². The van der Waals surface area contributed by atoms with Gasteiger partial charge in [-0.05, 0) is 0 Å². The predicted molar refractivity (Wildman–Crippen MR) is 30.1 cm³/mol. The summed E-state index contributed by atoms with van der Waals surface area (Å²) in [4.78, 5) is 0. The molecule has 2 fully saturated rings. The third-order valence-corrected chi connectivity index (χ3v) is 2.05. The monoisotopic (exact) mass is 130 g/mol. The summed E-state index contributed by atoms with van der Waals surface area (Å²) >= 11 is 0. The zero-order valence-electron chi connectivity index (χ0n) is 5.12. The normalized spacial score (nSPS) is 49.7. The molecule has 1 N–H and O–H groups in total. The van der Waals surface area contributed by atoms with Crippen LogP contribution in [0.25, 0.3) is 0 Å². The first-order valence-corrected chi connectivity index (χ1v) is 3.25. The van der Waals surface area contributed by atoms with Crippen molar-refractivity contribution in [1.29, 1.82) is 0 Å². The highest BCUT2D eigenvalue weighted by Crippen LogP contribution is 2.26. The molecule has 9 heavy (non-hydrogen) atoms. The van der Waals surface area contributed by atoms with Crippen molar-refractivity contribution in [2.24, 2.45) is 5.92 Å². The zero-order valence-corrected chi connectivity index (χ0v) is 5.12.